The van der Waals surface area contributed by atoms with Gasteiger partial charge in [-0.1, -0.05) is 19.1 Å². The predicted molar refractivity (Wildman–Crippen MR) is 118 cm³/mol. The number of hydrogen-bond donors (Lipinski definition) is 1. The van der Waals surface area contributed by atoms with Crippen molar-refractivity contribution in [3.8, 4) is 11.5 Å². The fourth-order valence-electron chi connectivity index (χ4n) is 7.19. The van der Waals surface area contributed by atoms with Gasteiger partial charge in [-0.25, -0.2) is 0 Å². The third-order valence-corrected chi connectivity index (χ3v) is 8.59. The van der Waals surface area contributed by atoms with Crippen LogP contribution in [0.2, 0.25) is 0 Å². The Bertz CT molecular complexity index is 909. The Hall–Kier alpha value is -2.16. The first-order valence-electron chi connectivity index (χ1n) is 11.2. The summed E-state index contributed by atoms with van der Waals surface area (Å²) in [5.74, 6) is 3.67. The molecule has 0 aliphatic heterocycles. The lowest BCUT2D eigenvalue weighted by Gasteiger charge is -2.52. The number of nitrogens with zero attached hydrogens (tertiary/aromatic N) is 1. The molecular formula is C26H33NO2. The van der Waals surface area contributed by atoms with Crippen LogP contribution in [0, 0.1) is 17.3 Å². The molecule has 5 atom stereocenters. The Morgan fingerprint density at radius 2 is 1.93 bits per heavy atom. The molecule has 5 rings (SSSR count). The molecule has 2 aromatic carbocycles. The van der Waals surface area contributed by atoms with Gasteiger partial charge >= 0.3 is 0 Å². The van der Waals surface area contributed by atoms with Gasteiger partial charge in [0.15, 0.2) is 0 Å². The summed E-state index contributed by atoms with van der Waals surface area (Å²) >= 11 is 0. The van der Waals surface area contributed by atoms with Crippen molar-refractivity contribution in [2.75, 3.05) is 19.1 Å². The van der Waals surface area contributed by atoms with Crippen molar-refractivity contribution in [1.82, 2.24) is 0 Å². The molecule has 2 aromatic rings. The second-order valence-corrected chi connectivity index (χ2v) is 9.75. The highest BCUT2D eigenvalue weighted by atomic mass is 16.5. The number of methoxy groups -OCH3 is 1. The van der Waals surface area contributed by atoms with Gasteiger partial charge in [0.2, 0.25) is 0 Å². The fraction of sp³-hybridized carbons (Fsp3) is 0.538. The Kier molecular flexibility index (Phi) is 4.53. The van der Waals surface area contributed by atoms with Crippen LogP contribution in [0.4, 0.5) is 5.69 Å². The van der Waals surface area contributed by atoms with Gasteiger partial charge < -0.3 is 14.7 Å². The van der Waals surface area contributed by atoms with Crippen LogP contribution >= 0.6 is 0 Å². The minimum atomic E-state index is 0.353. The number of phenolic OH excluding ortho intramolecular Hbond substituents is 1. The maximum Gasteiger partial charge on any atom is 0.119 e. The van der Waals surface area contributed by atoms with Crippen LogP contribution in [-0.2, 0) is 6.42 Å². The van der Waals surface area contributed by atoms with E-state index in [0.29, 0.717) is 23.1 Å². The Morgan fingerprint density at radius 1 is 1.07 bits per heavy atom. The quantitative estimate of drug-likeness (QED) is 0.722. The van der Waals surface area contributed by atoms with Gasteiger partial charge in [-0.3, -0.25) is 0 Å². The summed E-state index contributed by atoms with van der Waals surface area (Å²) < 4.78 is 5.47. The molecule has 0 amide bonds. The van der Waals surface area contributed by atoms with Crippen LogP contribution in [0.15, 0.2) is 42.5 Å². The summed E-state index contributed by atoms with van der Waals surface area (Å²) in [6, 6.07) is 15.1. The lowest BCUT2D eigenvalue weighted by molar-refractivity contribution is 0.0486. The average Bonchev–Trinajstić information content (AvgIpc) is 3.09. The standard InChI is InChI=1S/C26H33NO2/c1-26-14-13-22-21-10-8-20(29-3)15-17(21)7-9-23(22)24(26)11-12-25(26)27(2)18-5-4-6-19(28)16-18/h4-6,8,10,15-16,22-25,28H,7,9,11-14H2,1-3H3/t22-,23-,24+,25+,26+/m1/s1. The van der Waals surface area contributed by atoms with Crippen molar-refractivity contribution in [2.45, 2.75) is 57.4 Å². The number of aryl methyl sites for hydroxylation is 1. The van der Waals surface area contributed by atoms with Crippen LogP contribution in [0.3, 0.4) is 0 Å². The number of ether oxygens (including phenoxy) is 1. The Balaban J connectivity index is 1.42. The van der Waals surface area contributed by atoms with Crippen molar-refractivity contribution in [3.63, 3.8) is 0 Å². The molecule has 3 heteroatoms. The van der Waals surface area contributed by atoms with Crippen LogP contribution in [0.5, 0.6) is 11.5 Å². The van der Waals surface area contributed by atoms with Gasteiger partial charge in [0.25, 0.3) is 0 Å². The van der Waals surface area contributed by atoms with Crippen molar-refractivity contribution >= 4 is 5.69 Å². The summed E-state index contributed by atoms with van der Waals surface area (Å²) in [4.78, 5) is 2.45. The van der Waals surface area contributed by atoms with Crippen LogP contribution in [-0.4, -0.2) is 25.3 Å². The van der Waals surface area contributed by atoms with Gasteiger partial charge in [-0.15, -0.1) is 0 Å². The van der Waals surface area contributed by atoms with Gasteiger partial charge in [0.05, 0.1) is 7.11 Å². The van der Waals surface area contributed by atoms with Crippen LogP contribution in [0.25, 0.3) is 0 Å². The van der Waals surface area contributed by atoms with Gasteiger partial charge in [0.1, 0.15) is 11.5 Å². The highest BCUT2D eigenvalue weighted by Crippen LogP contribution is 2.62. The fourth-order valence-corrected chi connectivity index (χ4v) is 7.19. The van der Waals surface area contributed by atoms with Crippen LogP contribution in [0.1, 0.15) is 56.1 Å². The summed E-state index contributed by atoms with van der Waals surface area (Å²) in [5.41, 5.74) is 4.60. The molecule has 1 N–H and O–H groups in total. The van der Waals surface area contributed by atoms with E-state index < -0.39 is 0 Å². The molecule has 3 nitrogen and oxygen atoms in total. The third kappa shape index (κ3) is 2.93. The van der Waals surface area contributed by atoms with Gasteiger partial charge in [-0.05, 0) is 97.1 Å². The molecule has 29 heavy (non-hydrogen) atoms. The number of fused-ring (bicyclic) bond motifs is 5. The van der Waals surface area contributed by atoms with E-state index in [1.165, 1.54) is 44.1 Å². The van der Waals surface area contributed by atoms with E-state index in [0.717, 1.165) is 23.3 Å². The largest absolute Gasteiger partial charge is 0.508 e. The molecule has 3 aliphatic carbocycles. The molecular weight excluding hydrogens is 358 g/mol. The smallest absolute Gasteiger partial charge is 0.119 e. The SMILES string of the molecule is COc1ccc2c(c1)CC[C@@H]1[C@@H]2CC[C@]2(C)[C@@H](N(C)c3cccc(O)c3)CC[C@@H]12. The Labute approximate surface area is 174 Å². The van der Waals surface area contributed by atoms with Crippen LogP contribution < -0.4 is 9.64 Å². The predicted octanol–water partition coefficient (Wildman–Crippen LogP) is 5.76. The van der Waals surface area contributed by atoms with E-state index in [1.54, 1.807) is 18.7 Å². The molecule has 0 bridgehead atoms. The van der Waals surface area contributed by atoms with E-state index in [4.69, 9.17) is 4.74 Å². The minimum absolute atomic E-state index is 0.353. The highest BCUT2D eigenvalue weighted by Gasteiger charge is 2.55. The molecule has 3 aliphatic rings. The van der Waals surface area contributed by atoms with Gasteiger partial charge in [0, 0.05) is 24.8 Å². The summed E-state index contributed by atoms with van der Waals surface area (Å²) in [7, 11) is 3.99. The zero-order valence-electron chi connectivity index (χ0n) is 17.9. The molecule has 0 heterocycles. The number of hydrogen-bond acceptors (Lipinski definition) is 3. The summed E-state index contributed by atoms with van der Waals surface area (Å²) in [6.45, 7) is 2.55. The Morgan fingerprint density at radius 3 is 2.72 bits per heavy atom. The first kappa shape index (κ1) is 18.8. The van der Waals surface area contributed by atoms with Crippen molar-refractivity contribution in [2.24, 2.45) is 17.3 Å². The van der Waals surface area contributed by atoms with Crippen molar-refractivity contribution in [3.05, 3.63) is 53.6 Å². The van der Waals surface area contributed by atoms with E-state index in [1.807, 2.05) is 12.1 Å². The number of benzene rings is 2. The van der Waals surface area contributed by atoms with Crippen molar-refractivity contribution in [1.29, 1.82) is 0 Å². The van der Waals surface area contributed by atoms with E-state index >= 15 is 0 Å². The minimum Gasteiger partial charge on any atom is -0.508 e. The molecule has 0 unspecified atom stereocenters. The number of phenols is 1. The number of anilines is 1. The molecule has 0 spiro atoms. The van der Waals surface area contributed by atoms with E-state index in [2.05, 4.69) is 43.1 Å². The molecule has 154 valence electrons. The summed E-state index contributed by atoms with van der Waals surface area (Å²) in [6.07, 6.45) is 7.67. The van der Waals surface area contributed by atoms with Gasteiger partial charge in [-0.2, -0.15) is 0 Å². The summed E-state index contributed by atoms with van der Waals surface area (Å²) in [5, 5.41) is 9.95. The first-order valence-corrected chi connectivity index (χ1v) is 11.2. The first-order chi connectivity index (χ1) is 14.0. The normalized spacial score (nSPS) is 32.8. The monoisotopic (exact) mass is 391 g/mol. The maximum atomic E-state index is 9.95. The second kappa shape index (κ2) is 6.97. The molecule has 0 saturated heterocycles. The lowest BCUT2D eigenvalue weighted by Crippen LogP contribution is -2.49. The number of rotatable bonds is 3. The van der Waals surface area contributed by atoms with E-state index in [9.17, 15) is 5.11 Å². The molecule has 0 aromatic heterocycles. The zero-order chi connectivity index (χ0) is 20.2. The topological polar surface area (TPSA) is 32.7 Å². The lowest BCUT2D eigenvalue weighted by atomic mass is 9.55. The number of aromatic hydroxyl groups is 1. The average molecular weight is 392 g/mol. The third-order valence-electron chi connectivity index (χ3n) is 8.59. The van der Waals surface area contributed by atoms with E-state index in [-0.39, 0.29) is 0 Å². The van der Waals surface area contributed by atoms with Crippen molar-refractivity contribution < 1.29 is 9.84 Å². The molecule has 2 saturated carbocycles. The zero-order valence-corrected chi connectivity index (χ0v) is 17.9. The molecule has 2 fully saturated rings. The maximum absolute atomic E-state index is 9.95. The highest BCUT2D eigenvalue weighted by molar-refractivity contribution is 5.51. The second-order valence-electron chi connectivity index (χ2n) is 9.75. The molecule has 0 radical (unpaired) electrons.